The highest BCUT2D eigenvalue weighted by Gasteiger charge is 2.35. The van der Waals surface area contributed by atoms with E-state index in [1.54, 1.807) is 49.3 Å². The van der Waals surface area contributed by atoms with Crippen molar-refractivity contribution in [3.05, 3.63) is 70.9 Å². The molecule has 158 valence electrons. The smallest absolute Gasteiger partial charge is 0.266 e. The van der Waals surface area contributed by atoms with Crippen LogP contribution in [0.1, 0.15) is 49.8 Å². The highest BCUT2D eigenvalue weighted by Crippen LogP contribution is 2.40. The number of aromatic nitrogens is 2. The number of carbonyl (C=O) groups excluding carboxylic acids is 1. The second kappa shape index (κ2) is 8.19. The molecule has 0 aliphatic heterocycles. The monoisotopic (exact) mass is 427 g/mol. The summed E-state index contributed by atoms with van der Waals surface area (Å²) in [6, 6.07) is 12.8. The van der Waals surface area contributed by atoms with Crippen LogP contribution in [0.4, 0.5) is 0 Å². The van der Waals surface area contributed by atoms with Crippen LogP contribution in [-0.4, -0.2) is 26.2 Å². The Morgan fingerprint density at radius 2 is 2.00 bits per heavy atom. The lowest BCUT2D eigenvalue weighted by Crippen LogP contribution is -2.48. The topological polar surface area (TPSA) is 60.5 Å². The Hall–Kier alpha value is -2.73. The molecule has 0 N–H and O–H groups in total. The van der Waals surface area contributed by atoms with Gasteiger partial charge in [-0.15, -0.1) is 0 Å². The molecule has 2 heterocycles. The van der Waals surface area contributed by atoms with E-state index in [9.17, 15) is 4.79 Å². The minimum Gasteiger partial charge on any atom is -0.478 e. The average Bonchev–Trinajstić information content (AvgIpc) is 3.29. The Morgan fingerprint density at radius 1 is 1.27 bits per heavy atom. The van der Waals surface area contributed by atoms with Gasteiger partial charge in [0.1, 0.15) is 11.5 Å². The predicted octanol–water partition coefficient (Wildman–Crippen LogP) is 4.93. The van der Waals surface area contributed by atoms with Crippen molar-refractivity contribution in [3.8, 4) is 5.75 Å². The van der Waals surface area contributed by atoms with Crippen LogP contribution in [0, 0.1) is 0 Å². The number of ether oxygens (including phenoxy) is 1. The van der Waals surface area contributed by atoms with E-state index in [0.717, 1.165) is 5.69 Å². The maximum absolute atomic E-state index is 13.5. The Morgan fingerprint density at radius 3 is 2.63 bits per heavy atom. The molecule has 0 spiro atoms. The molecule has 4 rings (SSSR count). The van der Waals surface area contributed by atoms with Crippen molar-refractivity contribution in [1.82, 2.24) is 14.7 Å². The minimum atomic E-state index is -1.07. The summed E-state index contributed by atoms with van der Waals surface area (Å²) >= 11 is 5.96. The third kappa shape index (κ3) is 4.70. The van der Waals surface area contributed by atoms with Gasteiger partial charge in [0.05, 0.1) is 25.0 Å². The maximum atomic E-state index is 13.5. The van der Waals surface area contributed by atoms with Gasteiger partial charge < -0.3 is 14.1 Å². The maximum Gasteiger partial charge on any atom is 0.266 e. The van der Waals surface area contributed by atoms with Gasteiger partial charge >= 0.3 is 0 Å². The Bertz CT molecular complexity index is 1010. The van der Waals surface area contributed by atoms with Crippen LogP contribution in [0.2, 0.25) is 5.02 Å². The number of nitrogens with zero attached hydrogens (tertiary/aromatic N) is 3. The van der Waals surface area contributed by atoms with E-state index in [0.29, 0.717) is 35.5 Å². The van der Waals surface area contributed by atoms with Crippen LogP contribution in [0.3, 0.4) is 0 Å². The van der Waals surface area contributed by atoms with E-state index in [1.807, 2.05) is 23.9 Å². The molecule has 3 aromatic rings. The average molecular weight is 428 g/mol. The quantitative estimate of drug-likeness (QED) is 0.511. The molecule has 1 aliphatic carbocycles. The van der Waals surface area contributed by atoms with Gasteiger partial charge in [-0.25, -0.2) is 0 Å². The molecule has 1 aliphatic rings. The first kappa shape index (κ1) is 20.5. The molecule has 0 unspecified atom stereocenters. The SMILES string of the molecule is Cn1nc(CN(Cc2ccco2)C(=O)C(C)(C)Oc2ccc(Cl)cc2)cc1C1CC1. The number of hydrogen-bond acceptors (Lipinski definition) is 4. The van der Waals surface area contributed by atoms with E-state index < -0.39 is 5.60 Å². The number of furan rings is 1. The van der Waals surface area contributed by atoms with Crippen LogP contribution < -0.4 is 4.74 Å². The molecule has 0 bridgehead atoms. The van der Waals surface area contributed by atoms with Gasteiger partial charge in [0, 0.05) is 23.7 Å². The lowest BCUT2D eigenvalue weighted by molar-refractivity contribution is -0.147. The Balaban J connectivity index is 1.55. The summed E-state index contributed by atoms with van der Waals surface area (Å²) in [5.74, 6) is 1.75. The second-order valence-electron chi connectivity index (χ2n) is 8.27. The lowest BCUT2D eigenvalue weighted by Gasteiger charge is -2.31. The fourth-order valence-corrected chi connectivity index (χ4v) is 3.72. The molecule has 2 aromatic heterocycles. The number of carbonyl (C=O) groups is 1. The van der Waals surface area contributed by atoms with Crippen molar-refractivity contribution >= 4 is 17.5 Å². The number of hydrogen-bond donors (Lipinski definition) is 0. The van der Waals surface area contributed by atoms with Gasteiger partial charge in [0.25, 0.3) is 5.91 Å². The first-order valence-corrected chi connectivity index (χ1v) is 10.5. The van der Waals surface area contributed by atoms with Gasteiger partial charge in [0.15, 0.2) is 5.60 Å². The van der Waals surface area contributed by atoms with Crippen molar-refractivity contribution in [2.75, 3.05) is 0 Å². The third-order valence-corrected chi connectivity index (χ3v) is 5.48. The molecule has 7 heteroatoms. The van der Waals surface area contributed by atoms with Crippen molar-refractivity contribution in [1.29, 1.82) is 0 Å². The summed E-state index contributed by atoms with van der Waals surface area (Å²) in [7, 11) is 1.96. The van der Waals surface area contributed by atoms with Crippen LogP contribution in [0.5, 0.6) is 5.75 Å². The van der Waals surface area contributed by atoms with E-state index in [2.05, 4.69) is 11.2 Å². The molecular weight excluding hydrogens is 402 g/mol. The van der Waals surface area contributed by atoms with E-state index in [1.165, 1.54) is 18.5 Å². The van der Waals surface area contributed by atoms with E-state index >= 15 is 0 Å². The van der Waals surface area contributed by atoms with Gasteiger partial charge in [0.2, 0.25) is 0 Å². The van der Waals surface area contributed by atoms with E-state index in [4.69, 9.17) is 20.8 Å². The third-order valence-electron chi connectivity index (χ3n) is 5.23. The summed E-state index contributed by atoms with van der Waals surface area (Å²) in [6.45, 7) is 4.27. The molecule has 1 fully saturated rings. The molecule has 0 atom stereocenters. The van der Waals surface area contributed by atoms with Crippen molar-refractivity contribution in [2.45, 2.75) is 51.3 Å². The summed E-state index contributed by atoms with van der Waals surface area (Å²) in [5, 5.41) is 5.25. The molecular formula is C23H26ClN3O3. The zero-order valence-corrected chi connectivity index (χ0v) is 18.2. The summed E-state index contributed by atoms with van der Waals surface area (Å²) < 4.78 is 13.5. The predicted molar refractivity (Wildman–Crippen MR) is 114 cm³/mol. The molecule has 1 saturated carbocycles. The van der Waals surface area contributed by atoms with Crippen LogP contribution in [0.25, 0.3) is 0 Å². The zero-order valence-electron chi connectivity index (χ0n) is 17.5. The number of rotatable bonds is 8. The molecule has 6 nitrogen and oxygen atoms in total. The van der Waals surface area contributed by atoms with Crippen molar-refractivity contribution in [2.24, 2.45) is 7.05 Å². The number of halogens is 1. The van der Waals surface area contributed by atoms with E-state index in [-0.39, 0.29) is 5.91 Å². The normalized spacial score (nSPS) is 14.0. The van der Waals surface area contributed by atoms with Crippen LogP contribution >= 0.6 is 11.6 Å². The highest BCUT2D eigenvalue weighted by atomic mass is 35.5. The molecule has 0 radical (unpaired) electrons. The lowest BCUT2D eigenvalue weighted by atomic mass is 10.1. The number of aryl methyl sites for hydroxylation is 1. The van der Waals surface area contributed by atoms with Gasteiger partial charge in [-0.1, -0.05) is 11.6 Å². The first-order valence-electron chi connectivity index (χ1n) is 10.1. The van der Waals surface area contributed by atoms with Crippen molar-refractivity contribution < 1.29 is 13.9 Å². The standard InChI is InChI=1S/C23H26ClN3O3/c1-23(2,30-19-10-8-17(24)9-11-19)22(28)27(15-20-5-4-12-29-20)14-18-13-21(16-6-7-16)26(3)25-18/h4-5,8-13,16H,6-7,14-15H2,1-3H3. The van der Waals surface area contributed by atoms with Crippen LogP contribution in [-0.2, 0) is 24.9 Å². The Kier molecular flexibility index (Phi) is 5.60. The van der Waals surface area contributed by atoms with Gasteiger partial charge in [-0.05, 0) is 69.2 Å². The summed E-state index contributed by atoms with van der Waals surface area (Å²) in [4.78, 5) is 15.2. The molecule has 1 amide bonds. The molecule has 1 aromatic carbocycles. The highest BCUT2D eigenvalue weighted by molar-refractivity contribution is 6.30. The number of benzene rings is 1. The minimum absolute atomic E-state index is 0.146. The van der Waals surface area contributed by atoms with Crippen LogP contribution in [0.15, 0.2) is 53.1 Å². The summed E-state index contributed by atoms with van der Waals surface area (Å²) in [5.41, 5.74) is 1.02. The van der Waals surface area contributed by atoms with Gasteiger partial charge in [-0.2, -0.15) is 5.10 Å². The zero-order chi connectivity index (χ0) is 21.3. The fourth-order valence-electron chi connectivity index (χ4n) is 3.59. The first-order chi connectivity index (χ1) is 14.3. The van der Waals surface area contributed by atoms with Gasteiger partial charge in [-0.3, -0.25) is 9.48 Å². The molecule has 30 heavy (non-hydrogen) atoms. The largest absolute Gasteiger partial charge is 0.478 e. The van der Waals surface area contributed by atoms with Crippen molar-refractivity contribution in [3.63, 3.8) is 0 Å². The second-order valence-corrected chi connectivity index (χ2v) is 8.70. The number of amides is 1. The fraction of sp³-hybridized carbons (Fsp3) is 0.391. The Labute approximate surface area is 181 Å². The summed E-state index contributed by atoms with van der Waals surface area (Å²) in [6.07, 6.45) is 4.02. The molecule has 0 saturated heterocycles.